The fraction of sp³-hybridized carbons (Fsp3) is 1.00. The standard InChI is InChI=1S/C2H7N3O2/c1-4(2)5(7)3-6/h6H,1-2H3/b5-3-. The van der Waals surface area contributed by atoms with Crippen LogP contribution in [-0.2, 0) is 0 Å². The Kier molecular flexibility index (Phi) is 1.90. The van der Waals surface area contributed by atoms with Gasteiger partial charge in [-0.1, -0.05) is 0 Å². The number of nitrogens with zero attached hydrogens (tertiary/aromatic N) is 3. The van der Waals surface area contributed by atoms with E-state index in [1.807, 2.05) is 0 Å². The van der Waals surface area contributed by atoms with E-state index in [2.05, 4.69) is 5.28 Å². The second-order valence-corrected chi connectivity index (χ2v) is 1.19. The first kappa shape index (κ1) is 6.00. The normalized spacial score (nSPS) is 11.4. The monoisotopic (exact) mass is 105 g/mol. The van der Waals surface area contributed by atoms with Crippen LogP contribution in [0.1, 0.15) is 0 Å². The van der Waals surface area contributed by atoms with Gasteiger partial charge in [0.1, 0.15) is 0 Å². The molecule has 1 N–H and O–H groups in total. The van der Waals surface area contributed by atoms with Crippen LogP contribution in [0, 0.1) is 5.21 Å². The Labute approximate surface area is 41.0 Å². The SMILES string of the molecule is CN(C)/[N+]([O-])=N/O. The molecule has 0 aromatic carbocycles. The molecule has 0 heterocycles. The molecule has 0 aliphatic rings. The van der Waals surface area contributed by atoms with Crippen molar-refractivity contribution in [1.82, 2.24) is 5.01 Å². The van der Waals surface area contributed by atoms with Crippen LogP contribution in [0.2, 0.25) is 0 Å². The van der Waals surface area contributed by atoms with E-state index in [1.54, 1.807) is 0 Å². The van der Waals surface area contributed by atoms with Gasteiger partial charge in [-0.05, 0) is 0 Å². The summed E-state index contributed by atoms with van der Waals surface area (Å²) in [5.41, 5.74) is 0. The van der Waals surface area contributed by atoms with E-state index in [1.165, 1.54) is 14.1 Å². The molecule has 0 aliphatic carbocycles. The fourth-order valence-electron chi connectivity index (χ4n) is 0.0800. The fourth-order valence-corrected chi connectivity index (χ4v) is 0.0800. The van der Waals surface area contributed by atoms with Gasteiger partial charge in [0, 0.05) is 0 Å². The highest BCUT2D eigenvalue weighted by Gasteiger charge is 1.91. The summed E-state index contributed by atoms with van der Waals surface area (Å²) in [5.74, 6) is 0. The van der Waals surface area contributed by atoms with Crippen molar-refractivity contribution in [2.45, 2.75) is 0 Å². The summed E-state index contributed by atoms with van der Waals surface area (Å²) in [6, 6.07) is 0. The van der Waals surface area contributed by atoms with E-state index < -0.39 is 0 Å². The molecule has 42 valence electrons. The molecule has 0 unspecified atom stereocenters. The Morgan fingerprint density at radius 1 is 1.71 bits per heavy atom. The molecule has 5 heteroatoms. The molecule has 0 rings (SSSR count). The second kappa shape index (κ2) is 2.22. The van der Waals surface area contributed by atoms with Crippen LogP contribution in [0.25, 0.3) is 0 Å². The van der Waals surface area contributed by atoms with Crippen molar-refractivity contribution in [2.75, 3.05) is 14.1 Å². The van der Waals surface area contributed by atoms with E-state index >= 15 is 0 Å². The zero-order valence-corrected chi connectivity index (χ0v) is 4.20. The van der Waals surface area contributed by atoms with Crippen LogP contribution in [-0.4, -0.2) is 29.3 Å². The van der Waals surface area contributed by atoms with E-state index in [0.717, 1.165) is 5.01 Å². The molecule has 0 spiro atoms. The van der Waals surface area contributed by atoms with Crippen LogP contribution in [0.5, 0.6) is 0 Å². The average molecular weight is 105 g/mol. The molecule has 0 saturated heterocycles. The maximum atomic E-state index is 9.94. The lowest BCUT2D eigenvalue weighted by Gasteiger charge is -2.02. The molecule has 0 aromatic rings. The minimum Gasteiger partial charge on any atom is -0.569 e. The largest absolute Gasteiger partial charge is 0.569 e. The molecule has 0 bridgehead atoms. The van der Waals surface area contributed by atoms with Crippen molar-refractivity contribution < 1.29 is 10.2 Å². The van der Waals surface area contributed by atoms with Crippen molar-refractivity contribution in [1.29, 1.82) is 0 Å². The van der Waals surface area contributed by atoms with E-state index in [-0.39, 0.29) is 4.97 Å². The zero-order valence-electron chi connectivity index (χ0n) is 4.20. The smallest absolute Gasteiger partial charge is 0.230 e. The van der Waals surface area contributed by atoms with E-state index in [0.29, 0.717) is 0 Å². The molecule has 5 nitrogen and oxygen atoms in total. The maximum absolute atomic E-state index is 9.94. The molecule has 0 amide bonds. The Morgan fingerprint density at radius 2 is 2.14 bits per heavy atom. The van der Waals surface area contributed by atoms with Crippen molar-refractivity contribution in [2.24, 2.45) is 5.28 Å². The first-order valence-electron chi connectivity index (χ1n) is 1.68. The van der Waals surface area contributed by atoms with Crippen LogP contribution in [0.15, 0.2) is 5.28 Å². The third-order valence-electron chi connectivity index (χ3n) is 0.419. The van der Waals surface area contributed by atoms with Crippen molar-refractivity contribution >= 4 is 0 Å². The topological polar surface area (TPSA) is 61.9 Å². The summed E-state index contributed by atoms with van der Waals surface area (Å²) in [6.07, 6.45) is 0. The van der Waals surface area contributed by atoms with Crippen LogP contribution < -0.4 is 0 Å². The van der Waals surface area contributed by atoms with Gasteiger partial charge < -0.3 is 10.4 Å². The zero-order chi connectivity index (χ0) is 5.86. The van der Waals surface area contributed by atoms with Gasteiger partial charge in [0.15, 0.2) is 0 Å². The Bertz CT molecular complexity index is 79.0. The number of hydrogen-bond acceptors (Lipinski definition) is 2. The molecule has 0 radical (unpaired) electrons. The predicted molar refractivity (Wildman–Crippen MR) is 21.5 cm³/mol. The summed E-state index contributed by atoms with van der Waals surface area (Å²) >= 11 is 0. The first-order chi connectivity index (χ1) is 3.18. The number of hydrogen-bond donors (Lipinski definition) is 1. The molecular formula is C2H7N3O2. The van der Waals surface area contributed by atoms with Crippen molar-refractivity contribution in [3.63, 3.8) is 0 Å². The minimum atomic E-state index is 0.0556. The summed E-state index contributed by atoms with van der Waals surface area (Å²) in [7, 11) is 2.93. The van der Waals surface area contributed by atoms with Crippen molar-refractivity contribution in [3.8, 4) is 0 Å². The molecular weight excluding hydrogens is 98.0 g/mol. The highest BCUT2D eigenvalue weighted by molar-refractivity contribution is 4.01. The van der Waals surface area contributed by atoms with Gasteiger partial charge in [-0.2, -0.15) is 5.01 Å². The molecule has 0 saturated carbocycles. The predicted octanol–water partition coefficient (Wildman–Crippen LogP) is -0.185. The van der Waals surface area contributed by atoms with Gasteiger partial charge in [-0.3, -0.25) is 0 Å². The molecule has 0 aliphatic heterocycles. The third kappa shape index (κ3) is 1.80. The van der Waals surface area contributed by atoms with Crippen LogP contribution in [0.3, 0.4) is 0 Å². The lowest BCUT2D eigenvalue weighted by Crippen LogP contribution is -2.20. The van der Waals surface area contributed by atoms with Gasteiger partial charge in [0.25, 0.3) is 0 Å². The van der Waals surface area contributed by atoms with Crippen LogP contribution in [0.4, 0.5) is 0 Å². The van der Waals surface area contributed by atoms with E-state index in [4.69, 9.17) is 5.21 Å². The minimum absolute atomic E-state index is 0.0556. The summed E-state index contributed by atoms with van der Waals surface area (Å²) < 4.78 is 0. The lowest BCUT2D eigenvalue weighted by molar-refractivity contribution is -0.698. The summed E-state index contributed by atoms with van der Waals surface area (Å²) in [4.78, 5) is 0.0556. The molecule has 0 atom stereocenters. The van der Waals surface area contributed by atoms with Gasteiger partial charge in [-0.15, -0.1) is 0 Å². The summed E-state index contributed by atoms with van der Waals surface area (Å²) in [5, 5.41) is 21.0. The Balaban J connectivity index is 3.56. The quantitative estimate of drug-likeness (QED) is 0.285. The van der Waals surface area contributed by atoms with Crippen molar-refractivity contribution in [3.05, 3.63) is 5.21 Å². The second-order valence-electron chi connectivity index (χ2n) is 1.19. The first-order valence-corrected chi connectivity index (χ1v) is 1.68. The van der Waals surface area contributed by atoms with Crippen LogP contribution >= 0.6 is 0 Å². The third-order valence-corrected chi connectivity index (χ3v) is 0.419. The molecule has 0 fully saturated rings. The Morgan fingerprint density at radius 3 is 2.14 bits per heavy atom. The average Bonchev–Trinajstić information content (AvgIpc) is 1.65. The number of hydrazine groups is 1. The lowest BCUT2D eigenvalue weighted by atomic mass is 11.2. The highest BCUT2D eigenvalue weighted by Crippen LogP contribution is 1.73. The van der Waals surface area contributed by atoms with E-state index in [9.17, 15) is 5.21 Å². The molecule has 0 aromatic heterocycles. The highest BCUT2D eigenvalue weighted by atomic mass is 16.6. The maximum Gasteiger partial charge on any atom is 0.230 e. The molecule has 7 heavy (non-hydrogen) atoms. The number of rotatable bonds is 1. The summed E-state index contributed by atoms with van der Waals surface area (Å²) in [6.45, 7) is 0. The van der Waals surface area contributed by atoms with Gasteiger partial charge in [0.05, 0.1) is 19.1 Å². The van der Waals surface area contributed by atoms with Gasteiger partial charge in [0.2, 0.25) is 5.28 Å². The van der Waals surface area contributed by atoms with Gasteiger partial charge >= 0.3 is 0 Å². The Hall–Kier alpha value is -1.00. The van der Waals surface area contributed by atoms with Gasteiger partial charge in [-0.25, -0.2) is 0 Å².